The van der Waals surface area contributed by atoms with Gasteiger partial charge in [0.25, 0.3) is 0 Å². The van der Waals surface area contributed by atoms with Crippen LogP contribution in [0.4, 0.5) is 0 Å². The molecule has 5 fully saturated rings. The zero-order valence-corrected chi connectivity index (χ0v) is 38.6. The molecule has 0 bridgehead atoms. The lowest BCUT2D eigenvalue weighted by Gasteiger charge is -2.60. The fraction of sp³-hybridized carbons (Fsp3) is 0.981. The first-order valence-corrected chi connectivity index (χ1v) is 26.4. The molecule has 5 aliphatic rings. The Morgan fingerprint density at radius 3 is 1.23 bits per heavy atom. The van der Waals surface area contributed by atoms with Gasteiger partial charge in [-0.2, -0.15) is 0 Å². The molecule has 57 heavy (non-hydrogen) atoms. The molecule has 5 nitrogen and oxygen atoms in total. The van der Waals surface area contributed by atoms with Gasteiger partial charge in [0.1, 0.15) is 5.60 Å². The van der Waals surface area contributed by atoms with E-state index in [1.54, 1.807) is 0 Å². The monoisotopic (exact) mass is 797 g/mol. The fourth-order valence-electron chi connectivity index (χ4n) is 13.0. The number of rotatable bonds is 30. The van der Waals surface area contributed by atoms with Gasteiger partial charge in [-0.05, 0) is 103 Å². The summed E-state index contributed by atoms with van der Waals surface area (Å²) in [4.78, 5) is 19.8. The van der Waals surface area contributed by atoms with E-state index in [4.69, 9.17) is 9.47 Å². The number of carbonyl (C=O) groups is 1. The summed E-state index contributed by atoms with van der Waals surface area (Å²) in [6.45, 7) is 14.3. The number of carbonyl (C=O) groups excluding carboxylic acids is 1. The standard InChI is InChI=1S/C52H96N2O3/c1-5-9-13-17-21-27-37-53(38-28-22-18-14-10-6-2)43-33-35-47-49(41-43)56-50-42-44(34-36-48(50)52(47)46-32-26-25-31-45(46)51(55)57-52)54(39-29-23-19-15-11-7-3)40-30-24-20-16-12-8-4/h43-50H,5-42H2,1-4H3. The van der Waals surface area contributed by atoms with Gasteiger partial charge >= 0.3 is 5.97 Å². The summed E-state index contributed by atoms with van der Waals surface area (Å²) in [6.07, 6.45) is 45.3. The van der Waals surface area contributed by atoms with Gasteiger partial charge in [-0.15, -0.1) is 0 Å². The van der Waals surface area contributed by atoms with Crippen molar-refractivity contribution < 1.29 is 14.3 Å². The molecular weight excluding hydrogens is 701 g/mol. The van der Waals surface area contributed by atoms with Crippen molar-refractivity contribution in [1.82, 2.24) is 9.80 Å². The molecule has 1 spiro atoms. The highest BCUT2D eigenvalue weighted by Crippen LogP contribution is 2.62. The molecule has 2 heterocycles. The third kappa shape index (κ3) is 13.7. The van der Waals surface area contributed by atoms with Crippen molar-refractivity contribution in [3.05, 3.63) is 0 Å². The van der Waals surface area contributed by atoms with Crippen LogP contribution in [0.5, 0.6) is 0 Å². The Bertz CT molecular complexity index is 974. The Kier molecular flexibility index (Phi) is 22.1. The molecule has 2 saturated heterocycles. The molecule has 2 aliphatic heterocycles. The fourth-order valence-corrected chi connectivity index (χ4v) is 13.0. The van der Waals surface area contributed by atoms with Crippen LogP contribution in [-0.4, -0.2) is 71.8 Å². The summed E-state index contributed by atoms with van der Waals surface area (Å²) >= 11 is 0. The predicted molar refractivity (Wildman–Crippen MR) is 242 cm³/mol. The first-order chi connectivity index (χ1) is 28.1. The normalized spacial score (nSPS) is 31.2. The molecule has 8 atom stereocenters. The Morgan fingerprint density at radius 2 is 0.825 bits per heavy atom. The van der Waals surface area contributed by atoms with Crippen LogP contribution in [0, 0.1) is 23.7 Å². The number of fused-ring (bicyclic) bond motifs is 6. The first kappa shape index (κ1) is 47.4. The minimum absolute atomic E-state index is 0.141. The highest BCUT2D eigenvalue weighted by atomic mass is 16.6. The highest BCUT2D eigenvalue weighted by molar-refractivity contribution is 5.76. The van der Waals surface area contributed by atoms with Gasteiger partial charge in [0, 0.05) is 29.8 Å². The predicted octanol–water partition coefficient (Wildman–Crippen LogP) is 14.2. The SMILES string of the molecule is CCCCCCCCN(CCCCCCCC)C1CCC2C(C1)OC1CC(N(CCCCCCCC)CCCCCCCC)CCC1C21OC(=O)C2CCCCC21. The van der Waals surface area contributed by atoms with Crippen molar-refractivity contribution in [2.75, 3.05) is 26.2 Å². The van der Waals surface area contributed by atoms with Gasteiger partial charge in [-0.3, -0.25) is 4.79 Å². The largest absolute Gasteiger partial charge is 0.458 e. The van der Waals surface area contributed by atoms with Crippen LogP contribution in [0.25, 0.3) is 0 Å². The van der Waals surface area contributed by atoms with Gasteiger partial charge in [0.05, 0.1) is 18.1 Å². The van der Waals surface area contributed by atoms with Crippen LogP contribution < -0.4 is 0 Å². The van der Waals surface area contributed by atoms with Gasteiger partial charge < -0.3 is 19.3 Å². The lowest BCUT2D eigenvalue weighted by Crippen LogP contribution is -2.67. The van der Waals surface area contributed by atoms with Crippen molar-refractivity contribution in [3.8, 4) is 0 Å². The number of ether oxygens (including phenoxy) is 2. The van der Waals surface area contributed by atoms with Crippen LogP contribution in [0.1, 0.15) is 246 Å². The molecule has 0 amide bonds. The van der Waals surface area contributed by atoms with Crippen molar-refractivity contribution >= 4 is 5.97 Å². The zero-order chi connectivity index (χ0) is 40.1. The average Bonchev–Trinajstić information content (AvgIpc) is 3.52. The Balaban J connectivity index is 1.30. The van der Waals surface area contributed by atoms with Gasteiger partial charge in [-0.1, -0.05) is 169 Å². The van der Waals surface area contributed by atoms with E-state index in [9.17, 15) is 4.79 Å². The summed E-state index contributed by atoms with van der Waals surface area (Å²) in [5.74, 6) is 1.50. The van der Waals surface area contributed by atoms with Crippen molar-refractivity contribution in [2.45, 2.75) is 276 Å². The topological polar surface area (TPSA) is 42.0 Å². The number of hydrogen-bond donors (Lipinski definition) is 0. The van der Waals surface area contributed by atoms with Crippen LogP contribution in [0.15, 0.2) is 0 Å². The molecule has 0 aromatic heterocycles. The summed E-state index contributed by atoms with van der Waals surface area (Å²) in [5, 5.41) is 0. The van der Waals surface area contributed by atoms with Gasteiger partial charge in [0.15, 0.2) is 0 Å². The summed E-state index contributed by atoms with van der Waals surface area (Å²) in [5.41, 5.74) is -0.279. The van der Waals surface area contributed by atoms with E-state index >= 15 is 0 Å². The van der Waals surface area contributed by atoms with Crippen molar-refractivity contribution in [3.63, 3.8) is 0 Å². The first-order valence-electron chi connectivity index (χ1n) is 26.4. The molecular formula is C52H96N2O3. The van der Waals surface area contributed by atoms with Gasteiger partial charge in [-0.25, -0.2) is 0 Å². The maximum atomic E-state index is 13.9. The van der Waals surface area contributed by atoms with Crippen molar-refractivity contribution in [1.29, 1.82) is 0 Å². The lowest BCUT2D eigenvalue weighted by molar-refractivity contribution is -0.264. The third-order valence-corrected chi connectivity index (χ3v) is 16.2. The molecule has 332 valence electrons. The minimum Gasteiger partial charge on any atom is -0.458 e. The lowest BCUT2D eigenvalue weighted by atomic mass is 9.54. The quantitative estimate of drug-likeness (QED) is 0.0535. The summed E-state index contributed by atoms with van der Waals surface area (Å²) in [7, 11) is 0. The maximum absolute atomic E-state index is 13.9. The molecule has 5 heteroatoms. The molecule has 0 radical (unpaired) electrons. The van der Waals surface area contributed by atoms with E-state index in [1.165, 1.54) is 225 Å². The molecule has 3 saturated carbocycles. The van der Waals surface area contributed by atoms with E-state index in [-0.39, 0.29) is 29.7 Å². The number of esters is 1. The van der Waals surface area contributed by atoms with E-state index in [2.05, 4.69) is 37.5 Å². The van der Waals surface area contributed by atoms with Crippen LogP contribution in [0.2, 0.25) is 0 Å². The number of nitrogens with zero attached hydrogens (tertiary/aromatic N) is 2. The molecule has 0 aromatic carbocycles. The highest BCUT2D eigenvalue weighted by Gasteiger charge is 2.69. The van der Waals surface area contributed by atoms with E-state index < -0.39 is 0 Å². The Hall–Kier alpha value is -0.650. The van der Waals surface area contributed by atoms with Crippen LogP contribution in [0.3, 0.4) is 0 Å². The second-order valence-electron chi connectivity index (χ2n) is 20.3. The molecule has 8 unspecified atom stereocenters. The van der Waals surface area contributed by atoms with Crippen LogP contribution in [-0.2, 0) is 14.3 Å². The maximum Gasteiger partial charge on any atom is 0.309 e. The Labute approximate surface area is 354 Å². The molecule has 3 aliphatic carbocycles. The molecule has 0 aromatic rings. The van der Waals surface area contributed by atoms with Crippen molar-refractivity contribution in [2.24, 2.45) is 23.7 Å². The minimum atomic E-state index is -0.279. The average molecular weight is 797 g/mol. The van der Waals surface area contributed by atoms with E-state index in [0.29, 0.717) is 29.8 Å². The molecule has 5 rings (SSSR count). The van der Waals surface area contributed by atoms with E-state index in [0.717, 1.165) is 19.3 Å². The third-order valence-electron chi connectivity index (χ3n) is 16.2. The smallest absolute Gasteiger partial charge is 0.309 e. The number of unbranched alkanes of at least 4 members (excludes halogenated alkanes) is 20. The second-order valence-corrected chi connectivity index (χ2v) is 20.3. The zero-order valence-electron chi connectivity index (χ0n) is 38.6. The van der Waals surface area contributed by atoms with Crippen LogP contribution >= 0.6 is 0 Å². The second kappa shape index (κ2) is 26.6. The molecule has 0 N–H and O–H groups in total. The van der Waals surface area contributed by atoms with E-state index in [1.807, 2.05) is 0 Å². The summed E-state index contributed by atoms with van der Waals surface area (Å²) in [6, 6.07) is 1.23. The summed E-state index contributed by atoms with van der Waals surface area (Å²) < 4.78 is 14.7. The van der Waals surface area contributed by atoms with Gasteiger partial charge in [0.2, 0.25) is 0 Å². The Morgan fingerprint density at radius 1 is 0.456 bits per heavy atom. The number of hydrogen-bond acceptors (Lipinski definition) is 5.